The van der Waals surface area contributed by atoms with Crippen molar-refractivity contribution in [2.24, 2.45) is 11.7 Å². The molecule has 1 aliphatic rings. The van der Waals surface area contributed by atoms with Gasteiger partial charge in [-0.05, 0) is 37.4 Å². The topological polar surface area (TPSA) is 42.2 Å². The molecule has 17 heavy (non-hydrogen) atoms. The molecule has 96 valence electrons. The SMILES string of the molecule is CC1CCN(Cc2ccccn2)C(CN)C1.Cl. The third-order valence-electron chi connectivity index (χ3n) is 3.46. The van der Waals surface area contributed by atoms with Crippen molar-refractivity contribution in [3.8, 4) is 0 Å². The van der Waals surface area contributed by atoms with Crippen LogP contribution in [0.25, 0.3) is 0 Å². The fourth-order valence-electron chi connectivity index (χ4n) is 2.45. The van der Waals surface area contributed by atoms with Gasteiger partial charge in [-0.2, -0.15) is 0 Å². The highest BCUT2D eigenvalue weighted by molar-refractivity contribution is 5.85. The summed E-state index contributed by atoms with van der Waals surface area (Å²) in [5, 5.41) is 0. The largest absolute Gasteiger partial charge is 0.329 e. The summed E-state index contributed by atoms with van der Waals surface area (Å²) in [7, 11) is 0. The van der Waals surface area contributed by atoms with E-state index in [-0.39, 0.29) is 12.4 Å². The Labute approximate surface area is 110 Å². The number of likely N-dealkylation sites (tertiary alicyclic amines) is 1. The van der Waals surface area contributed by atoms with Gasteiger partial charge in [0.15, 0.2) is 0 Å². The molecule has 0 aliphatic carbocycles. The molecular weight excluding hydrogens is 234 g/mol. The summed E-state index contributed by atoms with van der Waals surface area (Å²) in [5.41, 5.74) is 7.00. The molecule has 1 fully saturated rings. The van der Waals surface area contributed by atoms with Crippen LogP contribution in [0.5, 0.6) is 0 Å². The summed E-state index contributed by atoms with van der Waals surface area (Å²) in [5.74, 6) is 0.813. The third-order valence-corrected chi connectivity index (χ3v) is 3.46. The maximum atomic E-state index is 5.85. The minimum absolute atomic E-state index is 0. The molecule has 2 heterocycles. The van der Waals surface area contributed by atoms with Gasteiger partial charge in [0.1, 0.15) is 0 Å². The van der Waals surface area contributed by atoms with E-state index < -0.39 is 0 Å². The first-order valence-corrected chi connectivity index (χ1v) is 6.13. The van der Waals surface area contributed by atoms with E-state index in [9.17, 15) is 0 Å². The van der Waals surface area contributed by atoms with Crippen LogP contribution in [0.1, 0.15) is 25.5 Å². The van der Waals surface area contributed by atoms with E-state index >= 15 is 0 Å². The summed E-state index contributed by atoms with van der Waals surface area (Å²) >= 11 is 0. The van der Waals surface area contributed by atoms with E-state index in [2.05, 4.69) is 22.9 Å². The van der Waals surface area contributed by atoms with Crippen molar-refractivity contribution in [1.29, 1.82) is 0 Å². The van der Waals surface area contributed by atoms with E-state index in [0.29, 0.717) is 6.04 Å². The Morgan fingerprint density at radius 3 is 2.94 bits per heavy atom. The zero-order chi connectivity index (χ0) is 11.4. The van der Waals surface area contributed by atoms with Gasteiger partial charge in [0.2, 0.25) is 0 Å². The number of aromatic nitrogens is 1. The number of piperidine rings is 1. The normalized spacial score (nSPS) is 25.3. The van der Waals surface area contributed by atoms with Crippen molar-refractivity contribution >= 4 is 12.4 Å². The maximum Gasteiger partial charge on any atom is 0.0544 e. The van der Waals surface area contributed by atoms with Gasteiger partial charge in [0.05, 0.1) is 5.69 Å². The Morgan fingerprint density at radius 1 is 1.47 bits per heavy atom. The number of hydrogen-bond donors (Lipinski definition) is 1. The van der Waals surface area contributed by atoms with E-state index in [0.717, 1.165) is 31.2 Å². The molecular formula is C13H22ClN3. The predicted molar refractivity (Wildman–Crippen MR) is 73.1 cm³/mol. The molecule has 0 amide bonds. The lowest BCUT2D eigenvalue weighted by Crippen LogP contribution is -2.45. The molecule has 0 bridgehead atoms. The average Bonchev–Trinajstić information content (AvgIpc) is 2.33. The van der Waals surface area contributed by atoms with Gasteiger partial charge in [-0.1, -0.05) is 13.0 Å². The molecule has 2 N–H and O–H groups in total. The van der Waals surface area contributed by atoms with Crippen LogP contribution in [0, 0.1) is 5.92 Å². The molecule has 4 heteroatoms. The molecule has 2 rings (SSSR count). The van der Waals surface area contributed by atoms with Crippen molar-refractivity contribution in [3.05, 3.63) is 30.1 Å². The average molecular weight is 256 g/mol. The zero-order valence-electron chi connectivity index (χ0n) is 10.4. The molecule has 1 aromatic rings. The highest BCUT2D eigenvalue weighted by Crippen LogP contribution is 2.22. The van der Waals surface area contributed by atoms with Crippen LogP contribution in [0.2, 0.25) is 0 Å². The second-order valence-electron chi connectivity index (χ2n) is 4.81. The second-order valence-corrected chi connectivity index (χ2v) is 4.81. The fourth-order valence-corrected chi connectivity index (χ4v) is 2.45. The van der Waals surface area contributed by atoms with Crippen LogP contribution in [-0.2, 0) is 6.54 Å². The van der Waals surface area contributed by atoms with Crippen LogP contribution in [0.15, 0.2) is 24.4 Å². The quantitative estimate of drug-likeness (QED) is 0.899. The minimum Gasteiger partial charge on any atom is -0.329 e. The van der Waals surface area contributed by atoms with E-state index in [1.165, 1.54) is 12.8 Å². The van der Waals surface area contributed by atoms with Crippen molar-refractivity contribution < 1.29 is 0 Å². The van der Waals surface area contributed by atoms with Gasteiger partial charge in [-0.25, -0.2) is 0 Å². The number of nitrogens with zero attached hydrogens (tertiary/aromatic N) is 2. The Hall–Kier alpha value is -0.640. The molecule has 2 unspecified atom stereocenters. The molecule has 0 radical (unpaired) electrons. The van der Waals surface area contributed by atoms with Crippen LogP contribution >= 0.6 is 12.4 Å². The summed E-state index contributed by atoms with van der Waals surface area (Å²) in [4.78, 5) is 6.85. The Kier molecular flexibility index (Phi) is 5.89. The summed E-state index contributed by atoms with van der Waals surface area (Å²) < 4.78 is 0. The molecule has 1 aromatic heterocycles. The Bertz CT molecular complexity index is 318. The van der Waals surface area contributed by atoms with Gasteiger partial charge in [-0.3, -0.25) is 9.88 Å². The Balaban J connectivity index is 0.00000144. The third kappa shape index (κ3) is 3.95. The molecule has 0 spiro atoms. The van der Waals surface area contributed by atoms with Gasteiger partial charge in [-0.15, -0.1) is 12.4 Å². The maximum absolute atomic E-state index is 5.85. The van der Waals surface area contributed by atoms with Crippen molar-refractivity contribution in [1.82, 2.24) is 9.88 Å². The summed E-state index contributed by atoms with van der Waals surface area (Å²) in [6.07, 6.45) is 4.37. The van der Waals surface area contributed by atoms with Gasteiger partial charge in [0, 0.05) is 25.3 Å². The van der Waals surface area contributed by atoms with Crippen LogP contribution < -0.4 is 5.73 Å². The zero-order valence-corrected chi connectivity index (χ0v) is 11.2. The summed E-state index contributed by atoms with van der Waals surface area (Å²) in [6, 6.07) is 6.63. The minimum atomic E-state index is 0. The smallest absolute Gasteiger partial charge is 0.0544 e. The number of halogens is 1. The Morgan fingerprint density at radius 2 is 2.29 bits per heavy atom. The second kappa shape index (κ2) is 6.94. The first-order valence-electron chi connectivity index (χ1n) is 6.13. The first-order chi connectivity index (χ1) is 7.79. The van der Waals surface area contributed by atoms with E-state index in [1.54, 1.807) is 0 Å². The number of pyridine rings is 1. The van der Waals surface area contributed by atoms with Gasteiger partial charge >= 0.3 is 0 Å². The molecule has 3 nitrogen and oxygen atoms in total. The van der Waals surface area contributed by atoms with Crippen LogP contribution in [0.4, 0.5) is 0 Å². The van der Waals surface area contributed by atoms with Crippen LogP contribution in [-0.4, -0.2) is 29.0 Å². The van der Waals surface area contributed by atoms with Crippen molar-refractivity contribution in [3.63, 3.8) is 0 Å². The number of nitrogens with two attached hydrogens (primary N) is 1. The molecule has 0 saturated carbocycles. The number of hydrogen-bond acceptors (Lipinski definition) is 3. The first kappa shape index (κ1) is 14.4. The van der Waals surface area contributed by atoms with Gasteiger partial charge < -0.3 is 5.73 Å². The van der Waals surface area contributed by atoms with E-state index in [1.807, 2.05) is 18.3 Å². The van der Waals surface area contributed by atoms with Gasteiger partial charge in [0.25, 0.3) is 0 Å². The van der Waals surface area contributed by atoms with Crippen molar-refractivity contribution in [2.45, 2.75) is 32.4 Å². The highest BCUT2D eigenvalue weighted by atomic mass is 35.5. The fraction of sp³-hybridized carbons (Fsp3) is 0.615. The lowest BCUT2D eigenvalue weighted by atomic mass is 9.92. The molecule has 0 aromatic carbocycles. The number of rotatable bonds is 3. The molecule has 1 aliphatic heterocycles. The lowest BCUT2D eigenvalue weighted by molar-refractivity contribution is 0.114. The van der Waals surface area contributed by atoms with Crippen molar-refractivity contribution in [2.75, 3.05) is 13.1 Å². The molecule has 1 saturated heterocycles. The molecule has 2 atom stereocenters. The lowest BCUT2D eigenvalue weighted by Gasteiger charge is -2.37. The predicted octanol–water partition coefficient (Wildman–Crippen LogP) is 2.06. The highest BCUT2D eigenvalue weighted by Gasteiger charge is 2.25. The van der Waals surface area contributed by atoms with E-state index in [4.69, 9.17) is 5.73 Å². The monoisotopic (exact) mass is 255 g/mol. The standard InChI is InChI=1S/C13H21N3.ClH/c1-11-5-7-16(13(8-11)9-14)10-12-4-2-3-6-15-12;/h2-4,6,11,13H,5,7-10,14H2,1H3;1H. The van der Waals surface area contributed by atoms with Crippen LogP contribution in [0.3, 0.4) is 0 Å². The summed E-state index contributed by atoms with van der Waals surface area (Å²) in [6.45, 7) is 5.17.